The maximum absolute atomic E-state index is 12.3. The van der Waals surface area contributed by atoms with Gasteiger partial charge in [-0.1, -0.05) is 134 Å². The second-order valence-electron chi connectivity index (χ2n) is 10.7. The summed E-state index contributed by atoms with van der Waals surface area (Å²) in [5.74, 6) is -0.122. The molecule has 7 heteroatoms. The molecular weight excluding hydrogens is 593 g/mol. The minimum Gasteiger partial charge on any atom is -0.426 e. The fraction of sp³-hybridized carbons (Fsp3) is 0.436. The van der Waals surface area contributed by atoms with Crippen molar-refractivity contribution in [1.29, 1.82) is 0 Å². The highest BCUT2D eigenvalue weighted by molar-refractivity contribution is 7.95. The molecule has 2 aliphatic carbocycles. The Bertz CT molecular complexity index is 1250. The Hall–Kier alpha value is -3.55. The molecule has 2 saturated carbocycles. The van der Waals surface area contributed by atoms with Gasteiger partial charge >= 0.3 is 11.9 Å². The number of ether oxygens (including phenoxy) is 1. The van der Waals surface area contributed by atoms with Crippen molar-refractivity contribution >= 4 is 35.7 Å². The highest BCUT2D eigenvalue weighted by Crippen LogP contribution is 2.34. The number of nitrogen functional groups attached to an aromatic ring is 1. The molecule has 0 unspecified atom stereocenters. The van der Waals surface area contributed by atoms with E-state index in [9.17, 15) is 9.59 Å². The van der Waals surface area contributed by atoms with E-state index in [1.165, 1.54) is 58.1 Å². The summed E-state index contributed by atoms with van der Waals surface area (Å²) >= 11 is 0.984. The number of nitrogens with two attached hydrogens (primary N) is 2. The van der Waals surface area contributed by atoms with Crippen molar-refractivity contribution in [2.24, 2.45) is 11.7 Å². The minimum atomic E-state index is -0.487. The first kappa shape index (κ1) is 40.5. The quantitative estimate of drug-likeness (QED) is 0.0863. The summed E-state index contributed by atoms with van der Waals surface area (Å²) in [6, 6.07) is 22.4. The summed E-state index contributed by atoms with van der Waals surface area (Å²) < 4.78 is 10.9. The second kappa shape index (κ2) is 25.6. The molecule has 6 nitrogen and oxygen atoms in total. The zero-order valence-corrected chi connectivity index (χ0v) is 29.5. The molecule has 46 heavy (non-hydrogen) atoms. The fourth-order valence-electron chi connectivity index (χ4n) is 4.81. The number of hydrogen-bond acceptors (Lipinski definition) is 7. The van der Waals surface area contributed by atoms with Crippen molar-refractivity contribution in [3.63, 3.8) is 0 Å². The topological polar surface area (TPSA) is 105 Å². The molecular formula is C39H56N2O4S. The number of carbonyl (C=O) groups excluding carboxylic acids is 2. The van der Waals surface area contributed by atoms with Gasteiger partial charge in [0.05, 0.1) is 22.9 Å². The van der Waals surface area contributed by atoms with E-state index in [4.69, 9.17) is 14.7 Å². The summed E-state index contributed by atoms with van der Waals surface area (Å²) in [7, 11) is 1.50. The monoisotopic (exact) mass is 648 g/mol. The molecule has 0 bridgehead atoms. The van der Waals surface area contributed by atoms with Crippen LogP contribution in [0.4, 0.5) is 5.69 Å². The molecule has 3 aromatic carbocycles. The van der Waals surface area contributed by atoms with Gasteiger partial charge in [-0.15, -0.1) is 0 Å². The Labute approximate surface area is 282 Å². The van der Waals surface area contributed by atoms with Crippen LogP contribution in [0.2, 0.25) is 0 Å². The van der Waals surface area contributed by atoms with E-state index in [1.54, 1.807) is 36.4 Å². The van der Waals surface area contributed by atoms with E-state index in [-0.39, 0.29) is 11.9 Å². The van der Waals surface area contributed by atoms with Gasteiger partial charge in [0.25, 0.3) is 0 Å². The van der Waals surface area contributed by atoms with E-state index in [0.29, 0.717) is 11.4 Å². The molecule has 2 fully saturated rings. The molecule has 2 aliphatic rings. The maximum Gasteiger partial charge on any atom is 0.343 e. The van der Waals surface area contributed by atoms with E-state index < -0.39 is 5.97 Å². The molecule has 0 aliphatic heterocycles. The standard InChI is InChI=1S/C28H27NO4S.C5H10.C3H8.C2H6.CH5N/c29-23-14-17-25(21-7-3-1-4-8-21)26(19-23)34-33-27(30)18-13-20-11-15-24(16-12-20)32-28(31)22-9-5-2-6-10-22;1-2-4-5-3-1;1-3-2;2*1-2/h1,3-4,7-8,11-19,22H,2,5-6,9-10,29H2;1-5H2;3H2,1-2H3;1-2H3;2H2,1H3/b18-13+;;;;. The summed E-state index contributed by atoms with van der Waals surface area (Å²) in [4.78, 5) is 25.3. The van der Waals surface area contributed by atoms with Crippen molar-refractivity contribution in [1.82, 2.24) is 0 Å². The second-order valence-corrected chi connectivity index (χ2v) is 11.5. The van der Waals surface area contributed by atoms with E-state index in [2.05, 4.69) is 19.6 Å². The lowest BCUT2D eigenvalue weighted by molar-refractivity contribution is -0.140. The fourth-order valence-corrected chi connectivity index (χ4v) is 5.50. The van der Waals surface area contributed by atoms with Crippen LogP contribution in [0.1, 0.15) is 104 Å². The van der Waals surface area contributed by atoms with Gasteiger partial charge in [0.15, 0.2) is 0 Å². The Morgan fingerprint density at radius 3 is 1.91 bits per heavy atom. The summed E-state index contributed by atoms with van der Waals surface area (Å²) in [5, 5.41) is 0. The molecule has 3 aromatic rings. The van der Waals surface area contributed by atoms with Crippen molar-refractivity contribution in [2.45, 2.75) is 103 Å². The van der Waals surface area contributed by atoms with Gasteiger partial charge in [-0.2, -0.15) is 0 Å². The first-order chi connectivity index (χ1) is 22.5. The Morgan fingerprint density at radius 1 is 0.804 bits per heavy atom. The Morgan fingerprint density at radius 2 is 1.35 bits per heavy atom. The summed E-state index contributed by atoms with van der Waals surface area (Å²) in [6.07, 6.45) is 17.0. The van der Waals surface area contributed by atoms with Gasteiger partial charge in [-0.3, -0.25) is 4.79 Å². The van der Waals surface area contributed by atoms with Crippen molar-refractivity contribution in [3.05, 3.63) is 84.4 Å². The summed E-state index contributed by atoms with van der Waals surface area (Å²) in [5.41, 5.74) is 13.8. The normalized spacial score (nSPS) is 13.7. The van der Waals surface area contributed by atoms with Crippen LogP contribution < -0.4 is 16.2 Å². The van der Waals surface area contributed by atoms with Crippen molar-refractivity contribution in [3.8, 4) is 16.9 Å². The molecule has 4 N–H and O–H groups in total. The van der Waals surface area contributed by atoms with Crippen LogP contribution in [0.3, 0.4) is 0 Å². The van der Waals surface area contributed by atoms with Crippen LogP contribution in [0, 0.1) is 5.92 Å². The molecule has 0 spiro atoms. The molecule has 5 rings (SSSR count). The number of anilines is 1. The third-order valence-corrected chi connectivity index (χ3v) is 7.77. The van der Waals surface area contributed by atoms with Crippen LogP contribution in [0.25, 0.3) is 17.2 Å². The Kier molecular flexibility index (Phi) is 22.5. The van der Waals surface area contributed by atoms with Gasteiger partial charge in [0.2, 0.25) is 0 Å². The highest BCUT2D eigenvalue weighted by Gasteiger charge is 2.22. The molecule has 0 amide bonds. The first-order valence-electron chi connectivity index (χ1n) is 16.9. The molecule has 0 aromatic heterocycles. The maximum atomic E-state index is 12.3. The third-order valence-electron chi connectivity index (χ3n) is 7.00. The van der Waals surface area contributed by atoms with E-state index in [0.717, 1.165) is 59.3 Å². The van der Waals surface area contributed by atoms with Gasteiger partial charge in [-0.05, 0) is 66.9 Å². The van der Waals surface area contributed by atoms with E-state index in [1.807, 2.05) is 56.3 Å². The van der Waals surface area contributed by atoms with Crippen LogP contribution in [0.5, 0.6) is 5.75 Å². The molecule has 0 radical (unpaired) electrons. The number of carbonyl (C=O) groups is 2. The van der Waals surface area contributed by atoms with E-state index >= 15 is 0 Å². The predicted octanol–water partition coefficient (Wildman–Crippen LogP) is 10.7. The van der Waals surface area contributed by atoms with Gasteiger partial charge in [0.1, 0.15) is 5.75 Å². The largest absolute Gasteiger partial charge is 0.426 e. The number of esters is 1. The lowest BCUT2D eigenvalue weighted by Crippen LogP contribution is -2.22. The number of benzene rings is 3. The lowest BCUT2D eigenvalue weighted by Gasteiger charge is -2.19. The third kappa shape index (κ3) is 16.1. The first-order valence-corrected chi connectivity index (χ1v) is 17.6. The van der Waals surface area contributed by atoms with Crippen LogP contribution in [-0.2, 0) is 13.8 Å². The average molecular weight is 649 g/mol. The zero-order valence-electron chi connectivity index (χ0n) is 28.6. The highest BCUT2D eigenvalue weighted by atomic mass is 32.2. The van der Waals surface area contributed by atoms with Crippen LogP contribution >= 0.6 is 12.0 Å². The van der Waals surface area contributed by atoms with Gasteiger partial charge in [0, 0.05) is 11.8 Å². The molecule has 0 heterocycles. The smallest absolute Gasteiger partial charge is 0.343 e. The predicted molar refractivity (Wildman–Crippen MR) is 196 cm³/mol. The lowest BCUT2D eigenvalue weighted by atomic mass is 9.89. The molecule has 0 atom stereocenters. The molecule has 0 saturated heterocycles. The average Bonchev–Trinajstić information content (AvgIpc) is 3.71. The van der Waals surface area contributed by atoms with Gasteiger partial charge in [-0.25, -0.2) is 4.79 Å². The zero-order chi connectivity index (χ0) is 34.0. The minimum absolute atomic E-state index is 0.00274. The number of rotatable bonds is 7. The Balaban J connectivity index is 0.000000758. The molecule has 252 valence electrons. The SMILES string of the molecule is C1CCCC1.CC.CCC.CN.Nc1ccc(-c2ccccc2)c(SOC(=O)/C=C/c2ccc(OC(=O)C3CCCCC3)cc2)c1. The van der Waals surface area contributed by atoms with Crippen molar-refractivity contribution in [2.75, 3.05) is 12.8 Å². The van der Waals surface area contributed by atoms with Gasteiger partial charge < -0.3 is 20.4 Å². The van der Waals surface area contributed by atoms with Crippen LogP contribution in [-0.4, -0.2) is 19.0 Å². The number of hydrogen-bond donors (Lipinski definition) is 2. The summed E-state index contributed by atoms with van der Waals surface area (Å²) in [6.45, 7) is 8.25. The van der Waals surface area contributed by atoms with Crippen molar-refractivity contribution < 1.29 is 18.5 Å². The van der Waals surface area contributed by atoms with Crippen LogP contribution in [0.15, 0.2) is 83.8 Å².